The van der Waals surface area contributed by atoms with Crippen molar-refractivity contribution >= 4 is 22.6 Å². The van der Waals surface area contributed by atoms with Gasteiger partial charge in [0.25, 0.3) is 0 Å². The molecule has 0 amide bonds. The molecule has 24 heavy (non-hydrogen) atoms. The van der Waals surface area contributed by atoms with E-state index in [0.29, 0.717) is 11.8 Å². The second-order valence-electron chi connectivity index (χ2n) is 6.88. The molecule has 1 aliphatic rings. The van der Waals surface area contributed by atoms with Gasteiger partial charge in [0, 0.05) is 17.1 Å². The van der Waals surface area contributed by atoms with Gasteiger partial charge in [0.15, 0.2) is 0 Å². The Hall–Kier alpha value is -1.06. The molecular weight excluding hydrogens is 332 g/mol. The molecule has 3 atom stereocenters. The predicted molar refractivity (Wildman–Crippen MR) is 107 cm³/mol. The summed E-state index contributed by atoms with van der Waals surface area (Å²) in [6, 6.07) is 21.5. The van der Waals surface area contributed by atoms with Crippen LogP contribution in [0.1, 0.15) is 24.0 Å². The van der Waals surface area contributed by atoms with E-state index in [2.05, 4.69) is 66.9 Å². The first-order valence-corrected chi connectivity index (χ1v) is 11.4. The molecular formula is C21H26OS2. The maximum absolute atomic E-state index is 12.5. The molecule has 0 spiro atoms. The summed E-state index contributed by atoms with van der Waals surface area (Å²) in [5, 5.41) is 0. The molecule has 128 valence electrons. The van der Waals surface area contributed by atoms with Gasteiger partial charge in [-0.1, -0.05) is 60.7 Å². The zero-order chi connectivity index (χ0) is 17.0. The Morgan fingerprint density at radius 3 is 1.67 bits per heavy atom. The quantitative estimate of drug-likeness (QED) is 0.728. The minimum atomic E-state index is -0.794. The van der Waals surface area contributed by atoms with Gasteiger partial charge in [-0.05, 0) is 54.9 Å². The number of hydrogen-bond acceptors (Lipinski definition) is 2. The van der Waals surface area contributed by atoms with Gasteiger partial charge >= 0.3 is 0 Å². The highest BCUT2D eigenvalue weighted by Gasteiger charge is 2.47. The van der Waals surface area contributed by atoms with Crippen molar-refractivity contribution < 1.29 is 4.21 Å². The van der Waals surface area contributed by atoms with E-state index in [4.69, 9.17) is 0 Å². The highest BCUT2D eigenvalue weighted by Crippen LogP contribution is 2.50. The van der Waals surface area contributed by atoms with Crippen molar-refractivity contribution in [1.82, 2.24) is 0 Å². The van der Waals surface area contributed by atoms with E-state index < -0.39 is 10.8 Å². The molecule has 0 aliphatic heterocycles. The fraction of sp³-hybridized carbons (Fsp3) is 0.429. The van der Waals surface area contributed by atoms with Crippen molar-refractivity contribution in [2.24, 2.45) is 11.8 Å². The number of hydrogen-bond donors (Lipinski definition) is 0. The summed E-state index contributed by atoms with van der Waals surface area (Å²) in [5.41, 5.74) is 2.80. The fourth-order valence-electron chi connectivity index (χ4n) is 4.05. The maximum atomic E-state index is 12.5. The lowest BCUT2D eigenvalue weighted by atomic mass is 9.85. The van der Waals surface area contributed by atoms with Crippen LogP contribution in [0.5, 0.6) is 0 Å². The maximum Gasteiger partial charge on any atom is 0.0908 e. The highest BCUT2D eigenvalue weighted by molar-refractivity contribution is 8.11. The minimum Gasteiger partial charge on any atom is -0.258 e. The van der Waals surface area contributed by atoms with Gasteiger partial charge in [0.05, 0.1) is 4.08 Å². The first-order valence-electron chi connectivity index (χ1n) is 8.59. The molecule has 0 N–H and O–H groups in total. The lowest BCUT2D eigenvalue weighted by molar-refractivity contribution is 0.383. The van der Waals surface area contributed by atoms with Crippen molar-refractivity contribution in [3.63, 3.8) is 0 Å². The molecule has 1 saturated carbocycles. The van der Waals surface area contributed by atoms with E-state index >= 15 is 0 Å². The third kappa shape index (κ3) is 3.94. The van der Waals surface area contributed by atoms with E-state index in [9.17, 15) is 4.21 Å². The summed E-state index contributed by atoms with van der Waals surface area (Å²) in [5.74, 6) is 1.20. The lowest BCUT2D eigenvalue weighted by Crippen LogP contribution is -2.26. The Kier molecular flexibility index (Phi) is 5.83. The smallest absolute Gasteiger partial charge is 0.0908 e. The summed E-state index contributed by atoms with van der Waals surface area (Å²) in [6.45, 7) is 0. The van der Waals surface area contributed by atoms with Crippen LogP contribution in [0.3, 0.4) is 0 Å². The topological polar surface area (TPSA) is 17.1 Å². The number of thioether (sulfide) groups is 1. The first kappa shape index (κ1) is 17.8. The van der Waals surface area contributed by atoms with Crippen LogP contribution in [-0.2, 0) is 23.6 Å². The second-order valence-corrected chi connectivity index (χ2v) is 10.0. The van der Waals surface area contributed by atoms with Gasteiger partial charge in [0.1, 0.15) is 0 Å². The minimum absolute atomic E-state index is 0.0705. The van der Waals surface area contributed by atoms with Crippen molar-refractivity contribution in [3.8, 4) is 0 Å². The zero-order valence-corrected chi connectivity index (χ0v) is 16.1. The van der Waals surface area contributed by atoms with Crippen LogP contribution in [-0.4, -0.2) is 20.8 Å². The van der Waals surface area contributed by atoms with Crippen molar-refractivity contribution in [1.29, 1.82) is 0 Å². The Balaban J connectivity index is 1.83. The first-order chi connectivity index (χ1) is 11.6. The third-order valence-electron chi connectivity index (χ3n) is 5.39. The standard InChI is InChI=1S/C21H26OS2/c1-23-21(24(2)22)15-19(13-17-9-5-3-6-10-17)20(16-21)14-18-11-7-4-8-12-18/h3-12,19-20H,13-16H2,1-2H3/t19-,20-,24?/m0/s1. The van der Waals surface area contributed by atoms with Gasteiger partial charge in [-0.3, -0.25) is 4.21 Å². The van der Waals surface area contributed by atoms with Crippen LogP contribution in [0.4, 0.5) is 0 Å². The molecule has 0 heterocycles. The number of rotatable bonds is 6. The molecule has 3 heteroatoms. The van der Waals surface area contributed by atoms with Gasteiger partial charge in [-0.2, -0.15) is 0 Å². The SMILES string of the molecule is CSC1(S(C)=O)C[C@H](Cc2ccccc2)[C@@H](Cc2ccccc2)C1. The molecule has 0 radical (unpaired) electrons. The lowest BCUT2D eigenvalue weighted by Gasteiger charge is -2.24. The Bertz CT molecular complexity index is 619. The summed E-state index contributed by atoms with van der Waals surface area (Å²) in [7, 11) is -0.794. The predicted octanol–water partition coefficient (Wildman–Crippen LogP) is 4.94. The van der Waals surface area contributed by atoms with Crippen LogP contribution >= 0.6 is 11.8 Å². The van der Waals surface area contributed by atoms with Crippen molar-refractivity contribution in [2.75, 3.05) is 12.5 Å². The zero-order valence-electron chi connectivity index (χ0n) is 14.5. The second kappa shape index (κ2) is 7.88. The summed E-state index contributed by atoms with van der Waals surface area (Å²) in [6.07, 6.45) is 8.33. The molecule has 1 fully saturated rings. The Morgan fingerprint density at radius 2 is 1.33 bits per heavy atom. The molecule has 2 aromatic rings. The molecule has 0 aromatic heterocycles. The largest absolute Gasteiger partial charge is 0.258 e. The molecule has 3 rings (SSSR count). The van der Waals surface area contributed by atoms with Gasteiger partial charge in [-0.15, -0.1) is 11.8 Å². The summed E-state index contributed by atoms with van der Waals surface area (Å²) >= 11 is 1.82. The molecule has 0 saturated heterocycles. The molecule has 1 nitrogen and oxygen atoms in total. The number of benzene rings is 2. The van der Waals surface area contributed by atoms with E-state index in [0.717, 1.165) is 25.7 Å². The molecule has 0 bridgehead atoms. The van der Waals surface area contributed by atoms with Crippen LogP contribution in [0.25, 0.3) is 0 Å². The Labute approximate surface area is 152 Å². The van der Waals surface area contributed by atoms with E-state index in [1.54, 1.807) is 0 Å². The van der Waals surface area contributed by atoms with Crippen LogP contribution in [0.15, 0.2) is 60.7 Å². The van der Waals surface area contributed by atoms with Gasteiger partial charge < -0.3 is 0 Å². The molecule has 1 unspecified atom stereocenters. The monoisotopic (exact) mass is 358 g/mol. The summed E-state index contributed by atoms with van der Waals surface area (Å²) < 4.78 is 12.4. The van der Waals surface area contributed by atoms with Crippen LogP contribution < -0.4 is 0 Å². The van der Waals surface area contributed by atoms with E-state index in [1.165, 1.54) is 11.1 Å². The van der Waals surface area contributed by atoms with E-state index in [1.807, 2.05) is 18.0 Å². The van der Waals surface area contributed by atoms with Crippen LogP contribution in [0.2, 0.25) is 0 Å². The van der Waals surface area contributed by atoms with Crippen molar-refractivity contribution in [3.05, 3.63) is 71.8 Å². The molecule has 1 aliphatic carbocycles. The average molecular weight is 359 g/mol. The molecule has 2 aromatic carbocycles. The Morgan fingerprint density at radius 1 is 0.917 bits per heavy atom. The fourth-order valence-corrected chi connectivity index (χ4v) is 6.64. The van der Waals surface area contributed by atoms with Crippen LogP contribution in [0, 0.1) is 11.8 Å². The van der Waals surface area contributed by atoms with Gasteiger partial charge in [-0.25, -0.2) is 0 Å². The average Bonchev–Trinajstić information content (AvgIpc) is 2.96. The highest BCUT2D eigenvalue weighted by atomic mass is 32.2. The van der Waals surface area contributed by atoms with E-state index in [-0.39, 0.29) is 4.08 Å². The summed E-state index contributed by atoms with van der Waals surface area (Å²) in [4.78, 5) is 0. The van der Waals surface area contributed by atoms with Gasteiger partial charge in [0.2, 0.25) is 0 Å². The third-order valence-corrected chi connectivity index (χ3v) is 9.05. The normalized spacial score (nSPS) is 23.9. The van der Waals surface area contributed by atoms with Crippen molar-refractivity contribution in [2.45, 2.75) is 29.8 Å².